The Bertz CT molecular complexity index is 185. The Balaban J connectivity index is 3.06. The van der Waals surface area contributed by atoms with Crippen molar-refractivity contribution in [2.24, 2.45) is 0 Å². The van der Waals surface area contributed by atoms with Crippen molar-refractivity contribution in [1.29, 1.82) is 0 Å². The summed E-state index contributed by atoms with van der Waals surface area (Å²) in [5.74, 6) is 0. The van der Waals surface area contributed by atoms with Crippen LogP contribution >= 0.6 is 0 Å². The van der Waals surface area contributed by atoms with Crippen LogP contribution in [0.4, 0.5) is 0 Å². The lowest BCUT2D eigenvalue weighted by molar-refractivity contribution is -0.0502. The Labute approximate surface area is 108 Å². The maximum Gasteiger partial charge on any atom is 0.146 e. The van der Waals surface area contributed by atoms with Crippen LogP contribution < -0.4 is 0 Å². The van der Waals surface area contributed by atoms with Gasteiger partial charge in [0.1, 0.15) is 6.79 Å². The van der Waals surface area contributed by atoms with E-state index in [-0.39, 0.29) is 0 Å². The van der Waals surface area contributed by atoms with Gasteiger partial charge in [-0.1, -0.05) is 38.7 Å². The van der Waals surface area contributed by atoms with Gasteiger partial charge in [0.2, 0.25) is 0 Å². The van der Waals surface area contributed by atoms with Crippen LogP contribution in [0.25, 0.3) is 0 Å². The Morgan fingerprint density at radius 3 is 2.29 bits per heavy atom. The minimum Gasteiger partial charge on any atom is -0.356 e. The first-order valence-electron chi connectivity index (χ1n) is 6.87. The van der Waals surface area contributed by atoms with Gasteiger partial charge in [-0.05, 0) is 31.7 Å². The Hall–Kier alpha value is -0.123. The molecule has 3 heteroatoms. The van der Waals surface area contributed by atoms with Crippen molar-refractivity contribution < 1.29 is 9.47 Å². The van der Waals surface area contributed by atoms with Crippen molar-refractivity contribution in [2.75, 3.05) is 20.0 Å². The number of allylic oxidation sites excluding steroid dienone is 2. The molecule has 2 nitrogen and oxygen atoms in total. The summed E-state index contributed by atoms with van der Waals surface area (Å²) < 4.78 is 10.9. The third-order valence-electron chi connectivity index (χ3n) is 2.47. The van der Waals surface area contributed by atoms with Crippen LogP contribution in [0.1, 0.15) is 32.6 Å². The molecule has 0 aromatic heterocycles. The van der Waals surface area contributed by atoms with Crippen LogP contribution in [0, 0.1) is 0 Å². The predicted octanol–water partition coefficient (Wildman–Crippen LogP) is 4.45. The summed E-state index contributed by atoms with van der Waals surface area (Å²) in [6.07, 6.45) is 9.14. The second-order valence-corrected chi connectivity index (χ2v) is 11.2. The van der Waals surface area contributed by atoms with Gasteiger partial charge in [-0.3, -0.25) is 0 Å². The molecule has 0 atom stereocenters. The van der Waals surface area contributed by atoms with E-state index < -0.39 is 8.07 Å². The topological polar surface area (TPSA) is 18.5 Å². The molecule has 0 aliphatic carbocycles. The van der Waals surface area contributed by atoms with Crippen molar-refractivity contribution in [3.8, 4) is 0 Å². The fourth-order valence-corrected chi connectivity index (χ4v) is 2.06. The highest BCUT2D eigenvalue weighted by molar-refractivity contribution is 6.76. The average molecular weight is 258 g/mol. The van der Waals surface area contributed by atoms with Crippen LogP contribution in [-0.4, -0.2) is 28.1 Å². The van der Waals surface area contributed by atoms with E-state index in [1.807, 2.05) is 0 Å². The smallest absolute Gasteiger partial charge is 0.146 e. The highest BCUT2D eigenvalue weighted by Crippen LogP contribution is 2.07. The molecular formula is C14H30O2Si. The molecule has 0 spiro atoms. The van der Waals surface area contributed by atoms with Gasteiger partial charge in [-0.2, -0.15) is 0 Å². The van der Waals surface area contributed by atoms with Gasteiger partial charge in [0, 0.05) is 21.3 Å². The lowest BCUT2D eigenvalue weighted by atomic mass is 10.2. The summed E-state index contributed by atoms with van der Waals surface area (Å²) in [5.41, 5.74) is 0. The van der Waals surface area contributed by atoms with E-state index in [0.717, 1.165) is 26.1 Å². The van der Waals surface area contributed by atoms with Crippen molar-refractivity contribution in [3.05, 3.63) is 12.2 Å². The second kappa shape index (κ2) is 11.0. The van der Waals surface area contributed by atoms with E-state index in [1.165, 1.54) is 18.9 Å². The Morgan fingerprint density at radius 1 is 0.941 bits per heavy atom. The van der Waals surface area contributed by atoms with E-state index in [1.54, 1.807) is 0 Å². The van der Waals surface area contributed by atoms with Crippen LogP contribution in [0.2, 0.25) is 25.7 Å². The maximum absolute atomic E-state index is 5.45. The summed E-state index contributed by atoms with van der Waals surface area (Å²) in [7, 11) is -0.939. The minimum atomic E-state index is -0.939. The van der Waals surface area contributed by atoms with Crippen molar-refractivity contribution in [1.82, 2.24) is 0 Å². The van der Waals surface area contributed by atoms with E-state index in [2.05, 4.69) is 38.7 Å². The number of ether oxygens (including phenoxy) is 2. The number of rotatable bonds is 11. The Kier molecular flexibility index (Phi) is 10.9. The lowest BCUT2D eigenvalue weighted by Gasteiger charge is -2.15. The monoisotopic (exact) mass is 258 g/mol. The molecule has 0 bridgehead atoms. The zero-order chi connectivity index (χ0) is 13.0. The van der Waals surface area contributed by atoms with E-state index in [4.69, 9.17) is 9.47 Å². The van der Waals surface area contributed by atoms with Gasteiger partial charge in [-0.25, -0.2) is 0 Å². The molecule has 0 aromatic rings. The first-order valence-corrected chi connectivity index (χ1v) is 10.6. The summed E-state index contributed by atoms with van der Waals surface area (Å²) in [4.78, 5) is 0. The number of hydrogen-bond donors (Lipinski definition) is 0. The summed E-state index contributed by atoms with van der Waals surface area (Å²) in [5, 5.41) is 0. The standard InChI is InChI=1S/C14H30O2Si/c1-5-6-7-8-9-10-11-15-14-16-12-13-17(2,3)4/h6-7H,5,8-14H2,1-4H3/b7-6-. The number of hydrogen-bond acceptors (Lipinski definition) is 2. The molecule has 0 aromatic carbocycles. The molecule has 0 N–H and O–H groups in total. The fraction of sp³-hybridized carbons (Fsp3) is 0.857. The molecule has 0 unspecified atom stereocenters. The normalized spacial score (nSPS) is 12.5. The highest BCUT2D eigenvalue weighted by atomic mass is 28.3. The second-order valence-electron chi connectivity index (χ2n) is 5.62. The minimum absolute atomic E-state index is 0.468. The summed E-state index contributed by atoms with van der Waals surface area (Å²) in [6.45, 7) is 11.4. The number of unbranched alkanes of at least 4 members (excludes halogenated alkanes) is 2. The quantitative estimate of drug-likeness (QED) is 0.236. The van der Waals surface area contributed by atoms with Crippen LogP contribution in [0.15, 0.2) is 12.2 Å². The average Bonchev–Trinajstić information content (AvgIpc) is 2.24. The molecule has 17 heavy (non-hydrogen) atoms. The summed E-state index contributed by atoms with van der Waals surface area (Å²) in [6, 6.07) is 1.22. The SMILES string of the molecule is CC/C=C\CCCCOCOCC[Si](C)(C)C. The van der Waals surface area contributed by atoms with Gasteiger partial charge >= 0.3 is 0 Å². The molecule has 0 heterocycles. The first-order chi connectivity index (χ1) is 8.06. The molecule has 0 amide bonds. The van der Waals surface area contributed by atoms with Gasteiger partial charge in [0.25, 0.3) is 0 Å². The molecular weight excluding hydrogens is 228 g/mol. The van der Waals surface area contributed by atoms with E-state index in [0.29, 0.717) is 6.79 Å². The lowest BCUT2D eigenvalue weighted by Crippen LogP contribution is -2.22. The molecule has 0 saturated heterocycles. The first kappa shape index (κ1) is 16.9. The molecule has 0 aliphatic heterocycles. The van der Waals surface area contributed by atoms with E-state index >= 15 is 0 Å². The van der Waals surface area contributed by atoms with Crippen LogP contribution in [0.5, 0.6) is 0 Å². The molecule has 102 valence electrons. The fourth-order valence-electron chi connectivity index (χ4n) is 1.31. The van der Waals surface area contributed by atoms with Gasteiger partial charge in [0.05, 0.1) is 0 Å². The van der Waals surface area contributed by atoms with E-state index in [9.17, 15) is 0 Å². The maximum atomic E-state index is 5.45. The zero-order valence-corrected chi connectivity index (χ0v) is 13.1. The van der Waals surface area contributed by atoms with Crippen molar-refractivity contribution >= 4 is 8.07 Å². The van der Waals surface area contributed by atoms with Crippen molar-refractivity contribution in [3.63, 3.8) is 0 Å². The molecule has 0 saturated carbocycles. The van der Waals surface area contributed by atoms with Crippen LogP contribution in [0.3, 0.4) is 0 Å². The summed E-state index contributed by atoms with van der Waals surface area (Å²) >= 11 is 0. The molecule has 0 fully saturated rings. The molecule has 0 rings (SSSR count). The molecule has 0 radical (unpaired) electrons. The van der Waals surface area contributed by atoms with Gasteiger partial charge in [0.15, 0.2) is 0 Å². The van der Waals surface area contributed by atoms with Crippen molar-refractivity contribution in [2.45, 2.75) is 58.3 Å². The Morgan fingerprint density at radius 2 is 1.65 bits per heavy atom. The zero-order valence-electron chi connectivity index (χ0n) is 12.1. The van der Waals surface area contributed by atoms with Gasteiger partial charge < -0.3 is 9.47 Å². The molecule has 0 aliphatic rings. The third kappa shape index (κ3) is 15.9. The van der Waals surface area contributed by atoms with Gasteiger partial charge in [-0.15, -0.1) is 0 Å². The predicted molar refractivity (Wildman–Crippen MR) is 78.2 cm³/mol. The largest absolute Gasteiger partial charge is 0.356 e. The van der Waals surface area contributed by atoms with Crippen LogP contribution in [-0.2, 0) is 9.47 Å². The highest BCUT2D eigenvalue weighted by Gasteiger charge is 2.11. The third-order valence-corrected chi connectivity index (χ3v) is 4.18.